The fourth-order valence-corrected chi connectivity index (χ4v) is 4.28. The maximum absolute atomic E-state index is 5.75. The molecule has 0 aliphatic carbocycles. The van der Waals surface area contributed by atoms with Crippen molar-refractivity contribution >= 4 is 17.3 Å². The van der Waals surface area contributed by atoms with Gasteiger partial charge in [0.2, 0.25) is 0 Å². The number of hydrogen-bond donors (Lipinski definition) is 1. The van der Waals surface area contributed by atoms with E-state index in [1.165, 1.54) is 5.56 Å². The number of nitrogens with zero attached hydrogens (tertiary/aromatic N) is 4. The first kappa shape index (κ1) is 18.5. The van der Waals surface area contributed by atoms with Gasteiger partial charge in [-0.25, -0.2) is 0 Å². The molecule has 0 unspecified atom stereocenters. The van der Waals surface area contributed by atoms with E-state index in [1.54, 1.807) is 6.20 Å². The molecule has 2 atom stereocenters. The highest BCUT2D eigenvalue weighted by molar-refractivity contribution is 7.80. The number of rotatable bonds is 5. The van der Waals surface area contributed by atoms with Gasteiger partial charge in [0, 0.05) is 43.2 Å². The van der Waals surface area contributed by atoms with Crippen LogP contribution in [0.3, 0.4) is 0 Å². The molecule has 6 heteroatoms. The standard InChI is InChI=1S/C24H21N5S/c30-24-27-22(21-10-4-5-13-26-21)23(29(24)16-18-7-6-12-25-15-18)19-11-14-28(17-19)20-8-2-1-3-9-20/h1-15,17,22-23H,16H2,(H,27,30)/t22-,23-/m0/s1. The Kier molecular flexibility index (Phi) is 4.99. The molecule has 3 aromatic heterocycles. The second-order valence-corrected chi connectivity index (χ2v) is 7.69. The van der Waals surface area contributed by atoms with Crippen LogP contribution in [-0.2, 0) is 6.54 Å². The van der Waals surface area contributed by atoms with Crippen LogP contribution in [0.2, 0.25) is 0 Å². The Balaban J connectivity index is 1.54. The first-order chi connectivity index (χ1) is 14.8. The molecule has 0 spiro atoms. The van der Waals surface area contributed by atoms with E-state index in [-0.39, 0.29) is 12.1 Å². The van der Waals surface area contributed by atoms with E-state index < -0.39 is 0 Å². The summed E-state index contributed by atoms with van der Waals surface area (Å²) in [5, 5.41) is 4.23. The number of hydrogen-bond acceptors (Lipinski definition) is 3. The van der Waals surface area contributed by atoms with Crippen molar-refractivity contribution in [2.75, 3.05) is 0 Å². The summed E-state index contributed by atoms with van der Waals surface area (Å²) in [5.74, 6) is 0. The minimum absolute atomic E-state index is 0.0255. The fourth-order valence-electron chi connectivity index (χ4n) is 3.98. The molecule has 5 rings (SSSR count). The molecule has 1 aromatic carbocycles. The van der Waals surface area contributed by atoms with Gasteiger partial charge in [-0.1, -0.05) is 30.3 Å². The van der Waals surface area contributed by atoms with Gasteiger partial charge < -0.3 is 14.8 Å². The van der Waals surface area contributed by atoms with Crippen LogP contribution in [0, 0.1) is 0 Å². The molecule has 1 saturated heterocycles. The number of nitrogens with one attached hydrogen (secondary N) is 1. The van der Waals surface area contributed by atoms with Gasteiger partial charge in [0.1, 0.15) is 0 Å². The summed E-state index contributed by atoms with van der Waals surface area (Å²) in [6, 6.07) is 22.5. The van der Waals surface area contributed by atoms with Crippen molar-refractivity contribution in [1.82, 2.24) is 24.8 Å². The Morgan fingerprint density at radius 1 is 0.933 bits per heavy atom. The quantitative estimate of drug-likeness (QED) is 0.492. The van der Waals surface area contributed by atoms with Gasteiger partial charge in [0.25, 0.3) is 0 Å². The van der Waals surface area contributed by atoms with E-state index in [0.717, 1.165) is 22.1 Å². The monoisotopic (exact) mass is 411 g/mol. The molecule has 1 aliphatic heterocycles. The Morgan fingerprint density at radius 2 is 1.80 bits per heavy atom. The van der Waals surface area contributed by atoms with E-state index in [9.17, 15) is 0 Å². The summed E-state index contributed by atoms with van der Waals surface area (Å²) in [7, 11) is 0. The molecular weight excluding hydrogens is 390 g/mol. The first-order valence-electron chi connectivity index (χ1n) is 9.90. The van der Waals surface area contributed by atoms with Crippen LogP contribution in [0.1, 0.15) is 28.9 Å². The lowest BCUT2D eigenvalue weighted by atomic mass is 9.99. The van der Waals surface area contributed by atoms with Gasteiger partial charge >= 0.3 is 0 Å². The minimum Gasteiger partial charge on any atom is -0.352 e. The third kappa shape index (κ3) is 3.57. The average Bonchev–Trinajstić information content (AvgIpc) is 3.41. The zero-order valence-electron chi connectivity index (χ0n) is 16.3. The molecule has 1 aliphatic rings. The summed E-state index contributed by atoms with van der Waals surface area (Å²) < 4.78 is 2.15. The number of benzene rings is 1. The molecule has 148 valence electrons. The van der Waals surface area contributed by atoms with Crippen molar-refractivity contribution in [3.05, 3.63) is 115 Å². The van der Waals surface area contributed by atoms with Crippen LogP contribution in [0.4, 0.5) is 0 Å². The molecule has 1 N–H and O–H groups in total. The molecule has 0 radical (unpaired) electrons. The van der Waals surface area contributed by atoms with Crippen molar-refractivity contribution in [1.29, 1.82) is 0 Å². The maximum Gasteiger partial charge on any atom is 0.170 e. The molecule has 4 aromatic rings. The lowest BCUT2D eigenvalue weighted by Gasteiger charge is -2.27. The highest BCUT2D eigenvalue weighted by atomic mass is 32.1. The first-order valence-corrected chi connectivity index (χ1v) is 10.3. The predicted octanol–water partition coefficient (Wildman–Crippen LogP) is 4.44. The lowest BCUT2D eigenvalue weighted by Crippen LogP contribution is -2.29. The van der Waals surface area contributed by atoms with Crippen LogP contribution in [0.5, 0.6) is 0 Å². The lowest BCUT2D eigenvalue weighted by molar-refractivity contribution is 0.311. The molecule has 4 heterocycles. The summed E-state index contributed by atoms with van der Waals surface area (Å²) in [6.45, 7) is 0.685. The summed E-state index contributed by atoms with van der Waals surface area (Å²) in [6.07, 6.45) is 9.79. The van der Waals surface area contributed by atoms with Crippen LogP contribution < -0.4 is 5.32 Å². The summed E-state index contributed by atoms with van der Waals surface area (Å²) in [4.78, 5) is 11.1. The Labute approximate surface area is 181 Å². The SMILES string of the molecule is S=C1N[C@@H](c2ccccn2)[C@H](c2ccn(-c3ccccc3)c2)N1Cc1cccnc1. The number of para-hydroxylation sites is 1. The molecule has 1 fully saturated rings. The zero-order chi connectivity index (χ0) is 20.3. The van der Waals surface area contributed by atoms with Crippen LogP contribution in [0.15, 0.2) is 97.7 Å². The van der Waals surface area contributed by atoms with Gasteiger partial charge in [-0.2, -0.15) is 0 Å². The molecule has 5 nitrogen and oxygen atoms in total. The third-order valence-electron chi connectivity index (χ3n) is 5.39. The largest absolute Gasteiger partial charge is 0.352 e. The van der Waals surface area contributed by atoms with Gasteiger partial charge in [0.05, 0.1) is 17.8 Å². The molecule has 30 heavy (non-hydrogen) atoms. The van der Waals surface area contributed by atoms with Gasteiger partial charge in [-0.05, 0) is 59.7 Å². The second kappa shape index (κ2) is 8.08. The number of pyridine rings is 2. The van der Waals surface area contributed by atoms with E-state index in [0.29, 0.717) is 6.54 Å². The Bertz CT molecular complexity index is 1130. The van der Waals surface area contributed by atoms with E-state index in [4.69, 9.17) is 12.2 Å². The smallest absolute Gasteiger partial charge is 0.170 e. The predicted molar refractivity (Wildman–Crippen MR) is 121 cm³/mol. The average molecular weight is 412 g/mol. The van der Waals surface area contributed by atoms with Crippen LogP contribution in [0.25, 0.3) is 5.69 Å². The molecule has 0 saturated carbocycles. The van der Waals surface area contributed by atoms with Gasteiger partial charge in [-0.15, -0.1) is 0 Å². The van der Waals surface area contributed by atoms with Crippen molar-refractivity contribution in [3.63, 3.8) is 0 Å². The summed E-state index contributed by atoms with van der Waals surface area (Å²) >= 11 is 5.75. The molecular formula is C24H21N5S. The van der Waals surface area contributed by atoms with Crippen LogP contribution >= 0.6 is 12.2 Å². The Morgan fingerprint density at radius 3 is 2.57 bits per heavy atom. The van der Waals surface area contributed by atoms with Crippen molar-refractivity contribution < 1.29 is 0 Å². The van der Waals surface area contributed by atoms with Crippen LogP contribution in [-0.4, -0.2) is 24.5 Å². The van der Waals surface area contributed by atoms with Gasteiger partial charge in [-0.3, -0.25) is 9.97 Å². The number of aromatic nitrogens is 3. The highest BCUT2D eigenvalue weighted by Gasteiger charge is 2.40. The fraction of sp³-hybridized carbons (Fsp3) is 0.125. The van der Waals surface area contributed by atoms with Crippen molar-refractivity contribution in [2.24, 2.45) is 0 Å². The van der Waals surface area contributed by atoms with Gasteiger partial charge in [0.15, 0.2) is 5.11 Å². The van der Waals surface area contributed by atoms with Crippen molar-refractivity contribution in [2.45, 2.75) is 18.6 Å². The molecule has 0 bridgehead atoms. The summed E-state index contributed by atoms with van der Waals surface area (Å²) in [5.41, 5.74) is 4.41. The van der Waals surface area contributed by atoms with E-state index in [2.05, 4.69) is 67.5 Å². The maximum atomic E-state index is 5.75. The number of thiocarbonyl (C=S) groups is 1. The Hall–Kier alpha value is -3.51. The third-order valence-corrected chi connectivity index (χ3v) is 5.74. The normalized spacial score (nSPS) is 18.4. The second-order valence-electron chi connectivity index (χ2n) is 7.30. The minimum atomic E-state index is -0.0259. The zero-order valence-corrected chi connectivity index (χ0v) is 17.1. The van der Waals surface area contributed by atoms with E-state index in [1.807, 2.05) is 48.8 Å². The molecule has 0 amide bonds. The highest BCUT2D eigenvalue weighted by Crippen LogP contribution is 2.39. The van der Waals surface area contributed by atoms with E-state index >= 15 is 0 Å². The topological polar surface area (TPSA) is 46.0 Å². The van der Waals surface area contributed by atoms with Crippen molar-refractivity contribution in [3.8, 4) is 5.69 Å².